The molecule has 0 N–H and O–H groups in total. The van der Waals surface area contributed by atoms with E-state index in [0.29, 0.717) is 12.8 Å². The van der Waals surface area contributed by atoms with Crippen molar-refractivity contribution >= 4 is 12.1 Å². The number of alkyl halides is 1. The van der Waals surface area contributed by atoms with Crippen LogP contribution in [-0.4, -0.2) is 42.8 Å². The lowest BCUT2D eigenvalue weighted by Gasteiger charge is -2.26. The van der Waals surface area contributed by atoms with Crippen LogP contribution in [0.25, 0.3) is 0 Å². The summed E-state index contributed by atoms with van der Waals surface area (Å²) in [5, 5.41) is 0. The van der Waals surface area contributed by atoms with Crippen molar-refractivity contribution < 1.29 is 23.5 Å². The van der Waals surface area contributed by atoms with Gasteiger partial charge in [0.2, 0.25) is 0 Å². The van der Waals surface area contributed by atoms with E-state index in [0.717, 1.165) is 10.5 Å². The van der Waals surface area contributed by atoms with Crippen LogP contribution in [0, 0.1) is 0 Å². The molecule has 1 aliphatic heterocycles. The third-order valence-electron chi connectivity index (χ3n) is 3.57. The van der Waals surface area contributed by atoms with E-state index in [9.17, 15) is 14.0 Å². The third-order valence-corrected chi connectivity index (χ3v) is 3.57. The van der Waals surface area contributed by atoms with Gasteiger partial charge in [-0.15, -0.1) is 0 Å². The zero-order valence-electron chi connectivity index (χ0n) is 11.8. The standard InChI is InChI=1S/C15H18FNO4/c1-20-14(18)13-8-7-12(9-16)17(13)15(19)21-10-11-5-3-2-4-6-11/h2-6,12-13H,7-10H2,1H3/t12-,13+/m0/s1. The summed E-state index contributed by atoms with van der Waals surface area (Å²) in [5.41, 5.74) is 0.830. The number of hydrogen-bond donors (Lipinski definition) is 0. The van der Waals surface area contributed by atoms with Crippen molar-refractivity contribution in [1.29, 1.82) is 0 Å². The van der Waals surface area contributed by atoms with Gasteiger partial charge in [-0.25, -0.2) is 14.0 Å². The smallest absolute Gasteiger partial charge is 0.411 e. The van der Waals surface area contributed by atoms with Gasteiger partial charge in [-0.3, -0.25) is 4.90 Å². The molecule has 2 atom stereocenters. The van der Waals surface area contributed by atoms with Gasteiger partial charge in [0.05, 0.1) is 13.2 Å². The number of rotatable bonds is 4. The summed E-state index contributed by atoms with van der Waals surface area (Å²) in [7, 11) is 1.25. The maximum Gasteiger partial charge on any atom is 0.411 e. The Labute approximate surface area is 122 Å². The molecule has 5 nitrogen and oxygen atoms in total. The quantitative estimate of drug-likeness (QED) is 0.800. The van der Waals surface area contributed by atoms with E-state index in [-0.39, 0.29) is 6.61 Å². The number of carbonyl (C=O) groups is 2. The molecule has 0 unspecified atom stereocenters. The zero-order valence-corrected chi connectivity index (χ0v) is 11.8. The molecule has 1 amide bonds. The van der Waals surface area contributed by atoms with Crippen LogP contribution in [0.1, 0.15) is 18.4 Å². The molecule has 1 heterocycles. The largest absolute Gasteiger partial charge is 0.467 e. The van der Waals surface area contributed by atoms with E-state index >= 15 is 0 Å². The van der Waals surface area contributed by atoms with Crippen LogP contribution in [-0.2, 0) is 20.9 Å². The number of halogens is 1. The highest BCUT2D eigenvalue weighted by molar-refractivity contribution is 5.82. The first-order valence-corrected chi connectivity index (χ1v) is 6.80. The van der Waals surface area contributed by atoms with Gasteiger partial charge in [0.1, 0.15) is 19.3 Å². The molecule has 0 spiro atoms. The molecule has 6 heteroatoms. The number of methoxy groups -OCH3 is 1. The number of carbonyl (C=O) groups excluding carboxylic acids is 2. The molecular formula is C15H18FNO4. The SMILES string of the molecule is COC(=O)[C@H]1CC[C@@H](CF)N1C(=O)OCc1ccccc1. The molecule has 0 saturated carbocycles. The molecule has 2 rings (SSSR count). The van der Waals surface area contributed by atoms with Crippen LogP contribution in [0.4, 0.5) is 9.18 Å². The molecule has 1 aliphatic rings. The Morgan fingerprint density at radius 2 is 2.00 bits per heavy atom. The van der Waals surface area contributed by atoms with Crippen LogP contribution in [0.3, 0.4) is 0 Å². The van der Waals surface area contributed by atoms with Gasteiger partial charge in [-0.05, 0) is 18.4 Å². The Kier molecular flexibility index (Phi) is 5.14. The van der Waals surface area contributed by atoms with Gasteiger partial charge in [-0.2, -0.15) is 0 Å². The third kappa shape index (κ3) is 3.51. The second-order valence-corrected chi connectivity index (χ2v) is 4.87. The normalized spacial score (nSPS) is 21.1. The summed E-state index contributed by atoms with van der Waals surface area (Å²) in [5.74, 6) is -0.539. The second kappa shape index (κ2) is 7.06. The van der Waals surface area contributed by atoms with Crippen molar-refractivity contribution in [2.45, 2.75) is 31.5 Å². The molecule has 1 fully saturated rings. The number of likely N-dealkylation sites (tertiary alicyclic amines) is 1. The average Bonchev–Trinajstić information content (AvgIpc) is 2.96. The maximum atomic E-state index is 13.0. The first-order chi connectivity index (χ1) is 10.2. The number of nitrogens with zero attached hydrogens (tertiary/aromatic N) is 1. The maximum absolute atomic E-state index is 13.0. The van der Waals surface area contributed by atoms with E-state index in [1.54, 1.807) is 0 Å². The second-order valence-electron chi connectivity index (χ2n) is 4.87. The lowest BCUT2D eigenvalue weighted by molar-refractivity contribution is -0.145. The molecule has 1 aromatic rings. The minimum atomic E-state index is -0.765. The van der Waals surface area contributed by atoms with Gasteiger partial charge < -0.3 is 9.47 Å². The molecule has 1 aromatic carbocycles. The van der Waals surface area contributed by atoms with Crippen molar-refractivity contribution in [3.8, 4) is 0 Å². The highest BCUT2D eigenvalue weighted by Crippen LogP contribution is 2.26. The van der Waals surface area contributed by atoms with Crippen LogP contribution in [0.15, 0.2) is 30.3 Å². The van der Waals surface area contributed by atoms with Crippen LogP contribution in [0.5, 0.6) is 0 Å². The molecule has 21 heavy (non-hydrogen) atoms. The Hall–Kier alpha value is -2.11. The van der Waals surface area contributed by atoms with E-state index in [1.165, 1.54) is 7.11 Å². The number of hydrogen-bond acceptors (Lipinski definition) is 4. The topological polar surface area (TPSA) is 55.8 Å². The average molecular weight is 295 g/mol. The number of amides is 1. The number of esters is 1. The predicted molar refractivity (Wildman–Crippen MR) is 73.3 cm³/mol. The van der Waals surface area contributed by atoms with Crippen molar-refractivity contribution in [1.82, 2.24) is 4.90 Å². The van der Waals surface area contributed by atoms with E-state index in [1.807, 2.05) is 30.3 Å². The van der Waals surface area contributed by atoms with Crippen molar-refractivity contribution in [3.63, 3.8) is 0 Å². The minimum absolute atomic E-state index is 0.0864. The minimum Gasteiger partial charge on any atom is -0.467 e. The lowest BCUT2D eigenvalue weighted by atomic mass is 10.2. The van der Waals surface area contributed by atoms with Crippen molar-refractivity contribution in [3.05, 3.63) is 35.9 Å². The summed E-state index contributed by atoms with van der Waals surface area (Å²) in [6.45, 7) is -0.614. The van der Waals surface area contributed by atoms with Crippen molar-refractivity contribution in [2.24, 2.45) is 0 Å². The monoisotopic (exact) mass is 295 g/mol. The van der Waals surface area contributed by atoms with Crippen LogP contribution in [0.2, 0.25) is 0 Å². The molecule has 0 aromatic heterocycles. The fourth-order valence-corrected chi connectivity index (χ4v) is 2.47. The molecule has 0 bridgehead atoms. The van der Waals surface area contributed by atoms with Gasteiger partial charge in [0.25, 0.3) is 0 Å². The van der Waals surface area contributed by atoms with Gasteiger partial charge in [0, 0.05) is 0 Å². The highest BCUT2D eigenvalue weighted by atomic mass is 19.1. The molecule has 114 valence electrons. The van der Waals surface area contributed by atoms with Crippen LogP contribution >= 0.6 is 0 Å². The van der Waals surface area contributed by atoms with Gasteiger partial charge in [0.15, 0.2) is 0 Å². The summed E-state index contributed by atoms with van der Waals surface area (Å²) in [4.78, 5) is 25.0. The molecular weight excluding hydrogens is 277 g/mol. The van der Waals surface area contributed by atoms with Gasteiger partial charge >= 0.3 is 12.1 Å². The highest BCUT2D eigenvalue weighted by Gasteiger charge is 2.42. The Morgan fingerprint density at radius 1 is 1.29 bits per heavy atom. The first-order valence-electron chi connectivity index (χ1n) is 6.80. The van der Waals surface area contributed by atoms with E-state index in [2.05, 4.69) is 4.74 Å². The Balaban J connectivity index is 2.02. The summed E-state index contributed by atoms with van der Waals surface area (Å²) in [6, 6.07) is 7.78. The summed E-state index contributed by atoms with van der Waals surface area (Å²) >= 11 is 0. The first kappa shape index (κ1) is 15.3. The predicted octanol–water partition coefficient (Wildman–Crippen LogP) is 2.30. The van der Waals surface area contributed by atoms with E-state index < -0.39 is 30.8 Å². The van der Waals surface area contributed by atoms with Crippen molar-refractivity contribution in [2.75, 3.05) is 13.8 Å². The summed E-state index contributed by atoms with van der Waals surface area (Å²) < 4.78 is 22.9. The zero-order chi connectivity index (χ0) is 15.2. The number of benzene rings is 1. The molecule has 0 radical (unpaired) electrons. The summed E-state index contributed by atoms with van der Waals surface area (Å²) in [6.07, 6.45) is 0.132. The molecule has 1 saturated heterocycles. The van der Waals surface area contributed by atoms with Crippen LogP contribution < -0.4 is 0 Å². The molecule has 0 aliphatic carbocycles. The lowest BCUT2D eigenvalue weighted by Crippen LogP contribution is -2.46. The van der Waals surface area contributed by atoms with Gasteiger partial charge in [-0.1, -0.05) is 30.3 Å². The fraction of sp³-hybridized carbons (Fsp3) is 0.467. The Bertz CT molecular complexity index is 494. The number of ether oxygens (including phenoxy) is 2. The Morgan fingerprint density at radius 3 is 2.62 bits per heavy atom. The fourth-order valence-electron chi connectivity index (χ4n) is 2.47. The van der Waals surface area contributed by atoms with E-state index in [4.69, 9.17) is 4.74 Å².